The standard InChI is InChI=1S/C11H16N2O4S/c1-4-5-18(16,17)12-10-6-9(3)11(13(14)15)7-8(10)2/h6-7,12H,4-5H2,1-3H3. The molecule has 0 atom stereocenters. The lowest BCUT2D eigenvalue weighted by atomic mass is 10.1. The van der Waals surface area contributed by atoms with Crippen LogP contribution in [0.15, 0.2) is 12.1 Å². The first-order valence-corrected chi connectivity index (χ1v) is 7.18. The van der Waals surface area contributed by atoms with E-state index < -0.39 is 14.9 Å². The molecular weight excluding hydrogens is 256 g/mol. The highest BCUT2D eigenvalue weighted by molar-refractivity contribution is 7.92. The minimum absolute atomic E-state index is 0.00839. The number of anilines is 1. The van der Waals surface area contributed by atoms with Crippen molar-refractivity contribution in [2.75, 3.05) is 10.5 Å². The molecule has 0 saturated heterocycles. The third-order valence-electron chi connectivity index (χ3n) is 2.48. The molecule has 0 aliphatic carbocycles. The zero-order valence-corrected chi connectivity index (χ0v) is 11.4. The number of benzene rings is 1. The van der Waals surface area contributed by atoms with Crippen molar-refractivity contribution in [3.8, 4) is 0 Å². The molecule has 7 heteroatoms. The van der Waals surface area contributed by atoms with Crippen LogP contribution >= 0.6 is 0 Å². The van der Waals surface area contributed by atoms with Gasteiger partial charge in [-0.25, -0.2) is 8.42 Å². The fraction of sp³-hybridized carbons (Fsp3) is 0.455. The zero-order chi connectivity index (χ0) is 13.9. The summed E-state index contributed by atoms with van der Waals surface area (Å²) >= 11 is 0. The lowest BCUT2D eigenvalue weighted by Crippen LogP contribution is -2.17. The summed E-state index contributed by atoms with van der Waals surface area (Å²) < 4.78 is 25.7. The van der Waals surface area contributed by atoms with Crippen LogP contribution in [-0.4, -0.2) is 19.1 Å². The smallest absolute Gasteiger partial charge is 0.272 e. The van der Waals surface area contributed by atoms with Crippen molar-refractivity contribution >= 4 is 21.4 Å². The van der Waals surface area contributed by atoms with Crippen LogP contribution in [0.25, 0.3) is 0 Å². The summed E-state index contributed by atoms with van der Waals surface area (Å²) in [6.45, 7) is 4.98. The van der Waals surface area contributed by atoms with Crippen LogP contribution in [0, 0.1) is 24.0 Å². The summed E-state index contributed by atoms with van der Waals surface area (Å²) in [6.07, 6.45) is 0.514. The Morgan fingerprint density at radius 2 is 1.89 bits per heavy atom. The van der Waals surface area contributed by atoms with Crippen LogP contribution in [-0.2, 0) is 10.0 Å². The van der Waals surface area contributed by atoms with E-state index in [0.29, 0.717) is 23.2 Å². The number of nitrogens with one attached hydrogen (secondary N) is 1. The quantitative estimate of drug-likeness (QED) is 0.658. The van der Waals surface area contributed by atoms with E-state index >= 15 is 0 Å². The Balaban J connectivity index is 3.13. The lowest BCUT2D eigenvalue weighted by molar-refractivity contribution is -0.385. The molecule has 1 aromatic rings. The molecule has 0 saturated carbocycles. The van der Waals surface area contributed by atoms with Gasteiger partial charge in [0.25, 0.3) is 5.69 Å². The Labute approximate surface area is 106 Å². The van der Waals surface area contributed by atoms with E-state index in [4.69, 9.17) is 0 Å². The summed E-state index contributed by atoms with van der Waals surface area (Å²) in [7, 11) is -3.38. The van der Waals surface area contributed by atoms with E-state index in [1.807, 2.05) is 0 Å². The number of rotatable bonds is 5. The first-order chi connectivity index (χ1) is 8.26. The number of hydrogen-bond acceptors (Lipinski definition) is 4. The van der Waals surface area contributed by atoms with Gasteiger partial charge in [-0.15, -0.1) is 0 Å². The predicted molar refractivity (Wildman–Crippen MR) is 70.3 cm³/mol. The van der Waals surface area contributed by atoms with Gasteiger partial charge in [0.15, 0.2) is 0 Å². The monoisotopic (exact) mass is 272 g/mol. The average Bonchev–Trinajstić information content (AvgIpc) is 2.21. The second-order valence-electron chi connectivity index (χ2n) is 4.13. The Morgan fingerprint density at radius 1 is 1.28 bits per heavy atom. The molecule has 1 rings (SSSR count). The molecule has 6 nitrogen and oxygen atoms in total. The maximum absolute atomic E-state index is 11.6. The van der Waals surface area contributed by atoms with E-state index in [1.54, 1.807) is 20.8 Å². The van der Waals surface area contributed by atoms with Crippen molar-refractivity contribution in [2.24, 2.45) is 0 Å². The minimum atomic E-state index is -3.38. The Hall–Kier alpha value is -1.63. The number of nitro groups is 1. The van der Waals surface area contributed by atoms with Crippen molar-refractivity contribution in [3.05, 3.63) is 33.4 Å². The largest absolute Gasteiger partial charge is 0.283 e. The van der Waals surface area contributed by atoms with Gasteiger partial charge in [0.1, 0.15) is 0 Å². The molecule has 0 aliphatic rings. The summed E-state index contributed by atoms with van der Waals surface area (Å²) in [4.78, 5) is 10.3. The second kappa shape index (κ2) is 5.34. The van der Waals surface area contributed by atoms with E-state index in [9.17, 15) is 18.5 Å². The van der Waals surface area contributed by atoms with E-state index in [1.165, 1.54) is 12.1 Å². The number of hydrogen-bond donors (Lipinski definition) is 1. The maximum Gasteiger partial charge on any atom is 0.272 e. The van der Waals surface area contributed by atoms with Crippen LogP contribution in [0.2, 0.25) is 0 Å². The Morgan fingerprint density at radius 3 is 2.39 bits per heavy atom. The molecule has 0 amide bonds. The topological polar surface area (TPSA) is 89.3 Å². The third kappa shape index (κ3) is 3.43. The number of nitro benzene ring substituents is 1. The van der Waals surface area contributed by atoms with Gasteiger partial charge in [-0.1, -0.05) is 6.92 Å². The minimum Gasteiger partial charge on any atom is -0.283 e. The summed E-state index contributed by atoms with van der Waals surface area (Å²) in [5.74, 6) is 0.0302. The van der Waals surface area contributed by atoms with E-state index in [-0.39, 0.29) is 11.4 Å². The van der Waals surface area contributed by atoms with E-state index in [0.717, 1.165) is 0 Å². The van der Waals surface area contributed by atoms with Crippen LogP contribution < -0.4 is 4.72 Å². The SMILES string of the molecule is CCCS(=O)(=O)Nc1cc(C)c([N+](=O)[O-])cc1C. The molecule has 0 spiro atoms. The van der Waals surface area contributed by atoms with Gasteiger partial charge in [-0.05, 0) is 31.9 Å². The molecule has 18 heavy (non-hydrogen) atoms. The van der Waals surface area contributed by atoms with Crippen molar-refractivity contribution in [1.29, 1.82) is 0 Å². The zero-order valence-electron chi connectivity index (χ0n) is 10.6. The highest BCUT2D eigenvalue weighted by Gasteiger charge is 2.16. The normalized spacial score (nSPS) is 11.3. The van der Waals surface area contributed by atoms with Crippen molar-refractivity contribution in [3.63, 3.8) is 0 Å². The number of sulfonamides is 1. The van der Waals surface area contributed by atoms with Gasteiger partial charge >= 0.3 is 0 Å². The van der Waals surface area contributed by atoms with Crippen LogP contribution in [0.5, 0.6) is 0 Å². The number of aryl methyl sites for hydroxylation is 2. The van der Waals surface area contributed by atoms with Gasteiger partial charge < -0.3 is 0 Å². The Bertz CT molecular complexity index is 567. The highest BCUT2D eigenvalue weighted by Crippen LogP contribution is 2.26. The fourth-order valence-corrected chi connectivity index (χ4v) is 2.79. The molecule has 0 aliphatic heterocycles. The van der Waals surface area contributed by atoms with Gasteiger partial charge in [0.2, 0.25) is 10.0 Å². The molecule has 100 valence electrons. The first kappa shape index (κ1) is 14.4. The molecule has 0 radical (unpaired) electrons. The summed E-state index contributed by atoms with van der Waals surface area (Å²) in [6, 6.07) is 2.86. The van der Waals surface area contributed by atoms with Crippen molar-refractivity contribution in [1.82, 2.24) is 0 Å². The maximum atomic E-state index is 11.6. The van der Waals surface area contributed by atoms with Gasteiger partial charge in [-0.3, -0.25) is 14.8 Å². The first-order valence-electron chi connectivity index (χ1n) is 5.53. The number of nitrogens with zero attached hydrogens (tertiary/aromatic N) is 1. The lowest BCUT2D eigenvalue weighted by Gasteiger charge is -2.11. The summed E-state index contributed by atoms with van der Waals surface area (Å²) in [5.41, 5.74) is 1.35. The van der Waals surface area contributed by atoms with E-state index in [2.05, 4.69) is 4.72 Å². The van der Waals surface area contributed by atoms with Gasteiger partial charge in [0.05, 0.1) is 16.4 Å². The fourth-order valence-electron chi connectivity index (χ4n) is 1.59. The molecule has 1 aromatic carbocycles. The highest BCUT2D eigenvalue weighted by atomic mass is 32.2. The molecule has 0 aromatic heterocycles. The molecule has 1 N–H and O–H groups in total. The molecular formula is C11H16N2O4S. The molecule has 0 fully saturated rings. The average molecular weight is 272 g/mol. The molecule has 0 unspecified atom stereocenters. The third-order valence-corrected chi connectivity index (χ3v) is 3.95. The second-order valence-corrected chi connectivity index (χ2v) is 5.97. The van der Waals surface area contributed by atoms with Crippen molar-refractivity contribution in [2.45, 2.75) is 27.2 Å². The van der Waals surface area contributed by atoms with Crippen LogP contribution in [0.1, 0.15) is 24.5 Å². The van der Waals surface area contributed by atoms with Crippen LogP contribution in [0.4, 0.5) is 11.4 Å². The molecule has 0 heterocycles. The van der Waals surface area contributed by atoms with Gasteiger partial charge in [0, 0.05) is 11.6 Å². The molecule has 0 bridgehead atoms. The van der Waals surface area contributed by atoms with Crippen LogP contribution in [0.3, 0.4) is 0 Å². The summed E-state index contributed by atoms with van der Waals surface area (Å²) in [5, 5.41) is 10.7. The van der Waals surface area contributed by atoms with Crippen molar-refractivity contribution < 1.29 is 13.3 Å². The van der Waals surface area contributed by atoms with Gasteiger partial charge in [-0.2, -0.15) is 0 Å². The Kier molecular flexibility index (Phi) is 4.28. The predicted octanol–water partition coefficient (Wildman–Crippen LogP) is 2.36.